The Morgan fingerprint density at radius 2 is 1.56 bits per heavy atom. The standard InChI is InChI=1S/C28H38O4/c1-9-27(5,6)22-17-20(13-16-23(30)19-11-14-21(29)15-12-19)26(32-18(3)4)24(25(22)31)28(7,8)10-2/h11-18,29,31H,9-10H2,1-8H3. The zero-order valence-electron chi connectivity index (χ0n) is 20.7. The second-order valence-corrected chi connectivity index (χ2v) is 9.95. The Bertz CT molecular complexity index is 979. The number of phenols is 2. The van der Waals surface area contributed by atoms with E-state index < -0.39 is 0 Å². The minimum Gasteiger partial charge on any atom is -0.508 e. The van der Waals surface area contributed by atoms with Crippen LogP contribution in [0, 0.1) is 0 Å². The largest absolute Gasteiger partial charge is 0.508 e. The Morgan fingerprint density at radius 1 is 1.00 bits per heavy atom. The maximum Gasteiger partial charge on any atom is 0.185 e. The molecule has 0 heterocycles. The van der Waals surface area contributed by atoms with Gasteiger partial charge in [-0.2, -0.15) is 0 Å². The minimum absolute atomic E-state index is 0.0919. The molecule has 4 nitrogen and oxygen atoms in total. The van der Waals surface area contributed by atoms with Crippen LogP contribution in [0.1, 0.15) is 95.3 Å². The molecule has 0 atom stereocenters. The van der Waals surface area contributed by atoms with E-state index in [4.69, 9.17) is 4.74 Å². The highest BCUT2D eigenvalue weighted by Gasteiger charge is 2.34. The Morgan fingerprint density at radius 3 is 2.06 bits per heavy atom. The SMILES string of the molecule is CCC(C)(C)c1cc(C=CC(=O)c2ccc(O)cc2)c(OC(C)C)c(C(C)(C)CC)c1O. The number of ketones is 1. The van der Waals surface area contributed by atoms with Gasteiger partial charge in [0.1, 0.15) is 17.2 Å². The van der Waals surface area contributed by atoms with Gasteiger partial charge in [0.15, 0.2) is 5.78 Å². The molecule has 0 saturated carbocycles. The lowest BCUT2D eigenvalue weighted by molar-refractivity contribution is 0.104. The monoisotopic (exact) mass is 438 g/mol. The molecule has 0 fully saturated rings. The molecule has 32 heavy (non-hydrogen) atoms. The summed E-state index contributed by atoms with van der Waals surface area (Å²) in [6.07, 6.45) is 4.88. The van der Waals surface area contributed by atoms with Crippen LogP contribution in [-0.2, 0) is 10.8 Å². The van der Waals surface area contributed by atoms with Gasteiger partial charge in [0.2, 0.25) is 0 Å². The molecule has 174 valence electrons. The van der Waals surface area contributed by atoms with E-state index in [9.17, 15) is 15.0 Å². The first kappa shape index (κ1) is 25.5. The molecule has 4 heteroatoms. The smallest absolute Gasteiger partial charge is 0.185 e. The van der Waals surface area contributed by atoms with Gasteiger partial charge in [-0.1, -0.05) is 41.5 Å². The summed E-state index contributed by atoms with van der Waals surface area (Å²) >= 11 is 0. The van der Waals surface area contributed by atoms with Crippen LogP contribution in [0.2, 0.25) is 0 Å². The highest BCUT2D eigenvalue weighted by atomic mass is 16.5. The number of ether oxygens (including phenoxy) is 1. The molecular formula is C28H38O4. The zero-order valence-corrected chi connectivity index (χ0v) is 20.7. The lowest BCUT2D eigenvalue weighted by atomic mass is 9.74. The molecule has 2 rings (SSSR count). The van der Waals surface area contributed by atoms with Gasteiger partial charge in [-0.25, -0.2) is 0 Å². The van der Waals surface area contributed by atoms with E-state index >= 15 is 0 Å². The molecule has 0 spiro atoms. The van der Waals surface area contributed by atoms with Crippen LogP contribution in [-0.4, -0.2) is 22.1 Å². The van der Waals surface area contributed by atoms with Gasteiger partial charge in [-0.05, 0) is 80.0 Å². The van der Waals surface area contributed by atoms with Gasteiger partial charge in [0.25, 0.3) is 0 Å². The summed E-state index contributed by atoms with van der Waals surface area (Å²) in [4.78, 5) is 12.7. The van der Waals surface area contributed by atoms with Crippen molar-refractivity contribution in [2.45, 2.75) is 85.2 Å². The maximum absolute atomic E-state index is 12.7. The Kier molecular flexibility index (Phi) is 7.82. The van der Waals surface area contributed by atoms with Crippen molar-refractivity contribution >= 4 is 11.9 Å². The lowest BCUT2D eigenvalue weighted by Gasteiger charge is -2.33. The van der Waals surface area contributed by atoms with E-state index in [-0.39, 0.29) is 34.2 Å². The summed E-state index contributed by atoms with van der Waals surface area (Å²) in [5.74, 6) is 0.854. The van der Waals surface area contributed by atoms with Crippen molar-refractivity contribution in [3.8, 4) is 17.2 Å². The van der Waals surface area contributed by atoms with E-state index in [2.05, 4.69) is 41.5 Å². The molecule has 2 aromatic rings. The van der Waals surface area contributed by atoms with Crippen molar-refractivity contribution in [1.29, 1.82) is 0 Å². The number of benzene rings is 2. The van der Waals surface area contributed by atoms with Gasteiger partial charge in [0.05, 0.1) is 6.10 Å². The zero-order chi connectivity index (χ0) is 24.3. The molecule has 0 aliphatic rings. The van der Waals surface area contributed by atoms with Gasteiger partial charge >= 0.3 is 0 Å². The predicted octanol–water partition coefficient (Wildman–Crippen LogP) is 7.16. The van der Waals surface area contributed by atoms with Crippen molar-refractivity contribution in [3.63, 3.8) is 0 Å². The average Bonchev–Trinajstić information content (AvgIpc) is 2.72. The molecule has 0 aliphatic carbocycles. The van der Waals surface area contributed by atoms with Crippen LogP contribution >= 0.6 is 0 Å². The Hall–Kier alpha value is -2.75. The minimum atomic E-state index is -0.322. The fourth-order valence-corrected chi connectivity index (χ4v) is 3.56. The third-order valence-electron chi connectivity index (χ3n) is 6.37. The highest BCUT2D eigenvalue weighted by Crippen LogP contribution is 2.48. The van der Waals surface area contributed by atoms with E-state index in [1.54, 1.807) is 18.2 Å². The molecule has 0 saturated heterocycles. The van der Waals surface area contributed by atoms with Gasteiger partial charge in [-0.15, -0.1) is 0 Å². The summed E-state index contributed by atoms with van der Waals surface area (Å²) in [7, 11) is 0. The normalized spacial score (nSPS) is 12.5. The van der Waals surface area contributed by atoms with Crippen molar-refractivity contribution in [3.05, 3.63) is 58.7 Å². The molecule has 0 unspecified atom stereocenters. The molecule has 0 radical (unpaired) electrons. The average molecular weight is 439 g/mol. The topological polar surface area (TPSA) is 66.8 Å². The van der Waals surface area contributed by atoms with Gasteiger partial charge in [0, 0.05) is 22.3 Å². The quantitative estimate of drug-likeness (QED) is 0.322. The Balaban J connectivity index is 2.75. The number of allylic oxidation sites excluding steroid dienone is 1. The lowest BCUT2D eigenvalue weighted by Crippen LogP contribution is -2.23. The summed E-state index contributed by atoms with van der Waals surface area (Å²) in [5.41, 5.74) is 2.33. The first-order valence-corrected chi connectivity index (χ1v) is 11.4. The second-order valence-electron chi connectivity index (χ2n) is 9.95. The van der Waals surface area contributed by atoms with Crippen LogP contribution < -0.4 is 4.74 Å². The van der Waals surface area contributed by atoms with E-state index in [1.807, 2.05) is 19.9 Å². The second kappa shape index (κ2) is 9.81. The number of rotatable bonds is 9. The van der Waals surface area contributed by atoms with Crippen LogP contribution in [0.15, 0.2) is 36.4 Å². The highest BCUT2D eigenvalue weighted by molar-refractivity contribution is 6.07. The van der Waals surface area contributed by atoms with Crippen LogP contribution in [0.5, 0.6) is 17.2 Å². The first-order chi connectivity index (χ1) is 14.8. The molecule has 0 bridgehead atoms. The van der Waals surface area contributed by atoms with E-state index in [1.165, 1.54) is 18.2 Å². The summed E-state index contributed by atoms with van der Waals surface area (Å²) in [6.45, 7) is 16.6. The summed E-state index contributed by atoms with van der Waals surface area (Å²) < 4.78 is 6.24. The fraction of sp³-hybridized carbons (Fsp3) is 0.464. The third-order valence-corrected chi connectivity index (χ3v) is 6.37. The molecule has 2 aromatic carbocycles. The van der Waals surface area contributed by atoms with Crippen molar-refractivity contribution in [2.24, 2.45) is 0 Å². The van der Waals surface area contributed by atoms with Crippen LogP contribution in [0.25, 0.3) is 6.08 Å². The first-order valence-electron chi connectivity index (χ1n) is 11.4. The fourth-order valence-electron chi connectivity index (χ4n) is 3.56. The number of phenolic OH excluding ortho intramolecular Hbond substituents is 2. The molecule has 0 aliphatic heterocycles. The molecule has 2 N–H and O–H groups in total. The third kappa shape index (κ3) is 5.53. The van der Waals surface area contributed by atoms with Crippen LogP contribution in [0.4, 0.5) is 0 Å². The molecular weight excluding hydrogens is 400 g/mol. The van der Waals surface area contributed by atoms with Crippen LogP contribution in [0.3, 0.4) is 0 Å². The summed E-state index contributed by atoms with van der Waals surface area (Å²) in [6, 6.07) is 8.15. The van der Waals surface area contributed by atoms with Gasteiger partial charge < -0.3 is 14.9 Å². The number of hydrogen-bond donors (Lipinski definition) is 2. The molecule has 0 aromatic heterocycles. The van der Waals surface area contributed by atoms with E-state index in [0.29, 0.717) is 11.3 Å². The van der Waals surface area contributed by atoms with Crippen molar-refractivity contribution in [1.82, 2.24) is 0 Å². The number of carbonyl (C=O) groups excluding carboxylic acids is 1. The number of hydrogen-bond acceptors (Lipinski definition) is 4. The molecule has 0 amide bonds. The van der Waals surface area contributed by atoms with Gasteiger partial charge in [-0.3, -0.25) is 4.79 Å². The number of aromatic hydroxyl groups is 2. The predicted molar refractivity (Wildman–Crippen MR) is 132 cm³/mol. The van der Waals surface area contributed by atoms with Crippen molar-refractivity contribution in [2.75, 3.05) is 0 Å². The Labute approximate surface area is 193 Å². The maximum atomic E-state index is 12.7. The van der Waals surface area contributed by atoms with E-state index in [0.717, 1.165) is 29.5 Å². The van der Waals surface area contributed by atoms with Crippen molar-refractivity contribution < 1.29 is 19.7 Å². The number of carbonyl (C=O) groups is 1. The summed E-state index contributed by atoms with van der Waals surface area (Å²) in [5, 5.41) is 20.9.